The Labute approximate surface area is 163 Å². The Kier molecular flexibility index (Phi) is 5.58. The molecule has 1 fully saturated rings. The molecule has 1 amide bonds. The number of nitrogens with one attached hydrogen (secondary N) is 1. The molecule has 1 N–H and O–H groups in total. The molecule has 0 bridgehead atoms. The van der Waals surface area contributed by atoms with E-state index in [0.717, 1.165) is 30.7 Å². The van der Waals surface area contributed by atoms with Crippen LogP contribution >= 0.6 is 0 Å². The minimum absolute atomic E-state index is 0.112. The van der Waals surface area contributed by atoms with E-state index in [9.17, 15) is 4.79 Å². The van der Waals surface area contributed by atoms with Gasteiger partial charge in [-0.25, -0.2) is 9.97 Å². The van der Waals surface area contributed by atoms with Crippen molar-refractivity contribution in [3.05, 3.63) is 72.6 Å². The van der Waals surface area contributed by atoms with E-state index >= 15 is 0 Å². The molecule has 1 saturated heterocycles. The van der Waals surface area contributed by atoms with E-state index in [1.165, 1.54) is 6.33 Å². The monoisotopic (exact) mass is 375 g/mol. The van der Waals surface area contributed by atoms with Crippen LogP contribution < -0.4 is 10.1 Å². The molecular formula is C22H21N3O3. The molecule has 0 radical (unpaired) electrons. The maximum atomic E-state index is 12.4. The summed E-state index contributed by atoms with van der Waals surface area (Å²) in [5, 5.41) is 2.92. The molecule has 2 heterocycles. The first-order valence-corrected chi connectivity index (χ1v) is 9.33. The zero-order valence-corrected chi connectivity index (χ0v) is 15.4. The Morgan fingerprint density at radius 1 is 1.11 bits per heavy atom. The van der Waals surface area contributed by atoms with E-state index in [4.69, 9.17) is 9.47 Å². The third-order valence-corrected chi connectivity index (χ3v) is 4.54. The van der Waals surface area contributed by atoms with Crippen molar-refractivity contribution in [2.24, 2.45) is 0 Å². The van der Waals surface area contributed by atoms with Gasteiger partial charge in [0.2, 0.25) is 5.88 Å². The Morgan fingerprint density at radius 2 is 2.00 bits per heavy atom. The molecule has 0 aliphatic carbocycles. The van der Waals surface area contributed by atoms with Crippen molar-refractivity contribution >= 4 is 5.91 Å². The lowest BCUT2D eigenvalue weighted by molar-refractivity contribution is 0.0857. The molecule has 0 spiro atoms. The van der Waals surface area contributed by atoms with Crippen molar-refractivity contribution in [3.63, 3.8) is 0 Å². The van der Waals surface area contributed by atoms with Crippen LogP contribution in [0.25, 0.3) is 11.3 Å². The number of nitrogens with zero attached hydrogens (tertiary/aromatic N) is 2. The summed E-state index contributed by atoms with van der Waals surface area (Å²) in [5.74, 6) is 0.821. The topological polar surface area (TPSA) is 73.3 Å². The van der Waals surface area contributed by atoms with E-state index in [1.807, 2.05) is 30.3 Å². The summed E-state index contributed by atoms with van der Waals surface area (Å²) in [6, 6.07) is 18.6. The number of hydrogen-bond donors (Lipinski definition) is 1. The highest BCUT2D eigenvalue weighted by Crippen LogP contribution is 2.24. The van der Waals surface area contributed by atoms with Gasteiger partial charge < -0.3 is 14.8 Å². The summed E-state index contributed by atoms with van der Waals surface area (Å²) >= 11 is 0. The fourth-order valence-electron chi connectivity index (χ4n) is 3.10. The lowest BCUT2D eigenvalue weighted by atomic mass is 10.1. The second-order valence-electron chi connectivity index (χ2n) is 6.58. The number of ether oxygens (including phenoxy) is 2. The SMILES string of the molecule is O=C(NC[C@H]1CCCO1)c1cccc(Oc2cc(-c3ccccc3)ncn2)c1. The van der Waals surface area contributed by atoms with Gasteiger partial charge in [0.05, 0.1) is 11.8 Å². The fourth-order valence-corrected chi connectivity index (χ4v) is 3.10. The van der Waals surface area contributed by atoms with E-state index in [2.05, 4.69) is 15.3 Å². The van der Waals surface area contributed by atoms with Gasteiger partial charge in [0.25, 0.3) is 5.91 Å². The molecular weight excluding hydrogens is 354 g/mol. The molecule has 3 aromatic rings. The predicted octanol–water partition coefficient (Wildman–Crippen LogP) is 3.84. The highest BCUT2D eigenvalue weighted by Gasteiger charge is 2.17. The number of rotatable bonds is 6. The van der Waals surface area contributed by atoms with Crippen LogP contribution in [0.4, 0.5) is 0 Å². The Bertz CT molecular complexity index is 941. The first-order valence-electron chi connectivity index (χ1n) is 9.33. The van der Waals surface area contributed by atoms with Gasteiger partial charge in [0, 0.05) is 30.3 Å². The lowest BCUT2D eigenvalue weighted by Crippen LogP contribution is -2.31. The first kappa shape index (κ1) is 18.1. The van der Waals surface area contributed by atoms with Crippen LogP contribution in [0.15, 0.2) is 67.0 Å². The molecule has 142 valence electrons. The summed E-state index contributed by atoms with van der Waals surface area (Å²) in [7, 11) is 0. The van der Waals surface area contributed by atoms with E-state index in [-0.39, 0.29) is 12.0 Å². The highest BCUT2D eigenvalue weighted by atomic mass is 16.5. The summed E-state index contributed by atoms with van der Waals surface area (Å²) < 4.78 is 11.4. The number of benzene rings is 2. The first-order chi connectivity index (χ1) is 13.8. The Hall–Kier alpha value is -3.25. The molecule has 28 heavy (non-hydrogen) atoms. The molecule has 6 nitrogen and oxygen atoms in total. The number of aromatic nitrogens is 2. The molecule has 2 aromatic carbocycles. The minimum Gasteiger partial charge on any atom is -0.439 e. The number of hydrogen-bond acceptors (Lipinski definition) is 5. The average molecular weight is 375 g/mol. The van der Waals surface area contributed by atoms with Crippen molar-refractivity contribution in [3.8, 4) is 22.9 Å². The normalized spacial score (nSPS) is 15.9. The molecule has 0 saturated carbocycles. The van der Waals surface area contributed by atoms with Gasteiger partial charge >= 0.3 is 0 Å². The standard InChI is InChI=1S/C22H21N3O3/c26-22(23-14-19-10-5-11-27-19)17-8-4-9-18(12-17)28-21-13-20(24-15-25-21)16-6-2-1-3-7-16/h1-4,6-9,12-13,15,19H,5,10-11,14H2,(H,23,26)/t19-/m1/s1. The number of carbonyl (C=O) groups is 1. The van der Waals surface area contributed by atoms with E-state index in [0.29, 0.717) is 23.7 Å². The number of carbonyl (C=O) groups excluding carboxylic acids is 1. The van der Waals surface area contributed by atoms with Crippen LogP contribution in [0, 0.1) is 0 Å². The summed E-state index contributed by atoms with van der Waals surface area (Å²) in [6.45, 7) is 1.30. The van der Waals surface area contributed by atoms with Gasteiger partial charge in [-0.3, -0.25) is 4.79 Å². The van der Waals surface area contributed by atoms with Gasteiger partial charge in [-0.2, -0.15) is 0 Å². The molecule has 0 unspecified atom stereocenters. The second-order valence-corrected chi connectivity index (χ2v) is 6.58. The van der Waals surface area contributed by atoms with Crippen LogP contribution in [0.3, 0.4) is 0 Å². The molecule has 4 rings (SSSR count). The third-order valence-electron chi connectivity index (χ3n) is 4.54. The molecule has 1 aliphatic rings. The summed E-state index contributed by atoms with van der Waals surface area (Å²) in [6.07, 6.45) is 3.62. The van der Waals surface area contributed by atoms with Gasteiger partial charge in [-0.15, -0.1) is 0 Å². The maximum absolute atomic E-state index is 12.4. The Morgan fingerprint density at radius 3 is 2.82 bits per heavy atom. The second kappa shape index (κ2) is 8.63. The van der Waals surface area contributed by atoms with Crippen molar-refractivity contribution in [1.82, 2.24) is 15.3 Å². The van der Waals surface area contributed by atoms with E-state index in [1.54, 1.807) is 30.3 Å². The summed E-state index contributed by atoms with van der Waals surface area (Å²) in [4.78, 5) is 20.9. The van der Waals surface area contributed by atoms with Crippen LogP contribution in [0.1, 0.15) is 23.2 Å². The lowest BCUT2D eigenvalue weighted by Gasteiger charge is -2.11. The van der Waals surface area contributed by atoms with Crippen LogP contribution in [0.5, 0.6) is 11.6 Å². The fraction of sp³-hybridized carbons (Fsp3) is 0.227. The minimum atomic E-state index is -0.145. The van der Waals surface area contributed by atoms with Gasteiger partial charge in [0.15, 0.2) is 0 Å². The molecule has 1 aliphatic heterocycles. The van der Waals surface area contributed by atoms with Crippen molar-refractivity contribution < 1.29 is 14.3 Å². The Balaban J connectivity index is 1.44. The van der Waals surface area contributed by atoms with Gasteiger partial charge in [0.1, 0.15) is 12.1 Å². The van der Waals surface area contributed by atoms with Crippen LogP contribution in [-0.2, 0) is 4.74 Å². The third kappa shape index (κ3) is 4.53. The number of amides is 1. The highest BCUT2D eigenvalue weighted by molar-refractivity contribution is 5.94. The molecule has 1 aromatic heterocycles. The van der Waals surface area contributed by atoms with Crippen LogP contribution in [-0.4, -0.2) is 35.1 Å². The maximum Gasteiger partial charge on any atom is 0.251 e. The zero-order chi connectivity index (χ0) is 19.2. The van der Waals surface area contributed by atoms with Gasteiger partial charge in [-0.1, -0.05) is 36.4 Å². The molecule has 1 atom stereocenters. The quantitative estimate of drug-likeness (QED) is 0.708. The van der Waals surface area contributed by atoms with Crippen molar-refractivity contribution in [2.45, 2.75) is 18.9 Å². The van der Waals surface area contributed by atoms with Crippen molar-refractivity contribution in [1.29, 1.82) is 0 Å². The predicted molar refractivity (Wildman–Crippen MR) is 105 cm³/mol. The van der Waals surface area contributed by atoms with Crippen molar-refractivity contribution in [2.75, 3.05) is 13.2 Å². The smallest absolute Gasteiger partial charge is 0.251 e. The zero-order valence-electron chi connectivity index (χ0n) is 15.4. The molecule has 6 heteroatoms. The average Bonchev–Trinajstić information content (AvgIpc) is 3.27. The van der Waals surface area contributed by atoms with E-state index < -0.39 is 0 Å². The van der Waals surface area contributed by atoms with Crippen LogP contribution in [0.2, 0.25) is 0 Å². The van der Waals surface area contributed by atoms with Gasteiger partial charge in [-0.05, 0) is 31.0 Å². The summed E-state index contributed by atoms with van der Waals surface area (Å²) in [5.41, 5.74) is 2.29. The largest absolute Gasteiger partial charge is 0.439 e.